The molecular formula is C10H20O4. The molecule has 0 radical (unpaired) electrons. The Morgan fingerprint density at radius 3 is 2.21 bits per heavy atom. The van der Waals surface area contributed by atoms with Gasteiger partial charge in [-0.15, -0.1) is 0 Å². The third-order valence-corrected chi connectivity index (χ3v) is 1.73. The first-order valence-electron chi connectivity index (χ1n) is 4.44. The van der Waals surface area contributed by atoms with Crippen molar-refractivity contribution in [1.29, 1.82) is 0 Å². The molecule has 0 saturated heterocycles. The number of hydrogen-bond donors (Lipinski definition) is 2. The Balaban J connectivity index is 0. The van der Waals surface area contributed by atoms with E-state index in [9.17, 15) is 4.79 Å². The largest absolute Gasteiger partial charge is 0.462 e. The Hall–Kier alpha value is -0.870. The Labute approximate surface area is 85.2 Å². The van der Waals surface area contributed by atoms with Gasteiger partial charge in [-0.2, -0.15) is 0 Å². The topological polar surface area (TPSA) is 66.8 Å². The minimum absolute atomic E-state index is 0.0820. The highest BCUT2D eigenvalue weighted by atomic mass is 16.5. The Morgan fingerprint density at radius 1 is 1.50 bits per heavy atom. The van der Waals surface area contributed by atoms with Crippen molar-refractivity contribution < 1.29 is 19.7 Å². The third-order valence-electron chi connectivity index (χ3n) is 1.73. The second-order valence-corrected chi connectivity index (χ2v) is 3.47. The van der Waals surface area contributed by atoms with Crippen LogP contribution in [-0.2, 0) is 9.53 Å². The summed E-state index contributed by atoms with van der Waals surface area (Å²) in [4.78, 5) is 10.6. The summed E-state index contributed by atoms with van der Waals surface area (Å²) in [5.74, 6) is -0.341. The van der Waals surface area contributed by atoms with Crippen molar-refractivity contribution in [2.24, 2.45) is 5.41 Å². The molecule has 4 nitrogen and oxygen atoms in total. The molecule has 0 aliphatic carbocycles. The smallest absolute Gasteiger partial charge is 0.330 e. The number of esters is 1. The lowest BCUT2D eigenvalue weighted by atomic mass is 9.92. The van der Waals surface area contributed by atoms with Crippen molar-refractivity contribution in [2.75, 3.05) is 13.4 Å². The van der Waals surface area contributed by atoms with Crippen molar-refractivity contribution in [2.45, 2.75) is 27.2 Å². The van der Waals surface area contributed by atoms with E-state index < -0.39 is 6.79 Å². The zero-order valence-electron chi connectivity index (χ0n) is 9.12. The van der Waals surface area contributed by atoms with E-state index in [0.29, 0.717) is 6.61 Å². The van der Waals surface area contributed by atoms with Crippen LogP contribution in [0.4, 0.5) is 0 Å². The summed E-state index contributed by atoms with van der Waals surface area (Å²) in [6.07, 6.45) is 2.18. The van der Waals surface area contributed by atoms with Crippen molar-refractivity contribution in [1.82, 2.24) is 0 Å². The van der Waals surface area contributed by atoms with Gasteiger partial charge in [-0.25, -0.2) is 4.79 Å². The molecule has 0 aliphatic heterocycles. The molecule has 2 N–H and O–H groups in total. The van der Waals surface area contributed by atoms with Crippen molar-refractivity contribution >= 4 is 5.97 Å². The predicted molar refractivity (Wildman–Crippen MR) is 54.5 cm³/mol. The molecule has 0 fully saturated rings. The molecule has 0 spiro atoms. The number of carbonyl (C=O) groups is 1. The van der Waals surface area contributed by atoms with E-state index >= 15 is 0 Å². The second-order valence-electron chi connectivity index (χ2n) is 3.47. The van der Waals surface area contributed by atoms with Crippen LogP contribution >= 0.6 is 0 Å². The van der Waals surface area contributed by atoms with Gasteiger partial charge in [0.05, 0.1) is 6.61 Å². The monoisotopic (exact) mass is 204 g/mol. The number of carbonyl (C=O) groups excluding carboxylic acids is 1. The van der Waals surface area contributed by atoms with Crippen LogP contribution in [0, 0.1) is 5.41 Å². The van der Waals surface area contributed by atoms with E-state index in [-0.39, 0.29) is 11.4 Å². The highest BCUT2D eigenvalue weighted by molar-refractivity contribution is 5.81. The lowest BCUT2D eigenvalue weighted by molar-refractivity contribution is -0.140. The third kappa shape index (κ3) is 11.1. The fourth-order valence-corrected chi connectivity index (χ4v) is 0.427. The SMILES string of the molecule is C=CC(=O)OCC(C)(C)CC.OCO. The predicted octanol–water partition coefficient (Wildman–Crippen LogP) is 1.08. The van der Waals surface area contributed by atoms with Crippen LogP contribution in [0.15, 0.2) is 12.7 Å². The van der Waals surface area contributed by atoms with Gasteiger partial charge < -0.3 is 14.9 Å². The average Bonchev–Trinajstić information content (AvgIpc) is 2.15. The van der Waals surface area contributed by atoms with Gasteiger partial charge in [0.25, 0.3) is 0 Å². The molecule has 0 aromatic carbocycles. The maximum atomic E-state index is 10.6. The zero-order valence-corrected chi connectivity index (χ0v) is 9.12. The summed E-state index contributed by atoms with van der Waals surface area (Å²) in [6, 6.07) is 0. The van der Waals surface area contributed by atoms with Gasteiger partial charge in [-0.05, 0) is 11.8 Å². The van der Waals surface area contributed by atoms with Crippen molar-refractivity contribution in [3.05, 3.63) is 12.7 Å². The summed E-state index contributed by atoms with van der Waals surface area (Å²) in [7, 11) is 0. The summed E-state index contributed by atoms with van der Waals surface area (Å²) >= 11 is 0. The van der Waals surface area contributed by atoms with E-state index in [1.807, 2.05) is 0 Å². The minimum Gasteiger partial charge on any atom is -0.462 e. The number of hydrogen-bond acceptors (Lipinski definition) is 4. The standard InChI is InChI=1S/C9H16O2.CH4O2/c1-5-8(10)11-7-9(3,4)6-2;2-1-3/h5H,1,6-7H2,2-4H3;2-3H,1H2. The summed E-state index contributed by atoms with van der Waals surface area (Å²) in [5.41, 5.74) is 0.0820. The molecule has 0 saturated carbocycles. The Bertz CT molecular complexity index is 164. The molecule has 0 aliphatic rings. The summed E-state index contributed by atoms with van der Waals surface area (Å²) in [6.45, 7) is 9.22. The van der Waals surface area contributed by atoms with Crippen molar-refractivity contribution in [3.63, 3.8) is 0 Å². The molecule has 0 amide bonds. The first-order valence-corrected chi connectivity index (χ1v) is 4.44. The van der Waals surface area contributed by atoms with Crippen LogP contribution in [0.1, 0.15) is 27.2 Å². The number of ether oxygens (including phenoxy) is 1. The Morgan fingerprint density at radius 2 is 1.93 bits per heavy atom. The molecular weight excluding hydrogens is 184 g/mol. The van der Waals surface area contributed by atoms with Crippen LogP contribution in [0.5, 0.6) is 0 Å². The molecule has 0 aromatic heterocycles. The molecule has 14 heavy (non-hydrogen) atoms. The Kier molecular flexibility index (Phi) is 9.71. The quantitative estimate of drug-likeness (QED) is 0.408. The van der Waals surface area contributed by atoms with E-state index in [2.05, 4.69) is 27.4 Å². The molecule has 0 heterocycles. The number of aliphatic hydroxyl groups is 2. The zero-order chi connectivity index (χ0) is 11.6. The van der Waals surface area contributed by atoms with E-state index in [4.69, 9.17) is 14.9 Å². The molecule has 0 atom stereocenters. The van der Waals surface area contributed by atoms with E-state index in [1.54, 1.807) is 0 Å². The van der Waals surface area contributed by atoms with Gasteiger partial charge in [-0.1, -0.05) is 27.4 Å². The van der Waals surface area contributed by atoms with Gasteiger partial charge in [0.2, 0.25) is 0 Å². The maximum absolute atomic E-state index is 10.6. The van der Waals surface area contributed by atoms with Crippen LogP contribution in [0.25, 0.3) is 0 Å². The number of aliphatic hydroxyl groups excluding tert-OH is 1. The summed E-state index contributed by atoms with van der Waals surface area (Å²) < 4.78 is 4.89. The maximum Gasteiger partial charge on any atom is 0.330 e. The highest BCUT2D eigenvalue weighted by Gasteiger charge is 2.16. The molecule has 0 aromatic rings. The normalized spacial score (nSPS) is 9.79. The van der Waals surface area contributed by atoms with E-state index in [0.717, 1.165) is 6.42 Å². The van der Waals surface area contributed by atoms with Gasteiger partial charge in [0.1, 0.15) is 6.79 Å². The van der Waals surface area contributed by atoms with Crippen LogP contribution in [0.2, 0.25) is 0 Å². The second kappa shape index (κ2) is 8.72. The molecule has 4 heteroatoms. The minimum atomic E-state index is -0.750. The van der Waals surface area contributed by atoms with E-state index in [1.165, 1.54) is 6.08 Å². The molecule has 0 bridgehead atoms. The lowest BCUT2D eigenvalue weighted by Crippen LogP contribution is -2.19. The average molecular weight is 204 g/mol. The van der Waals surface area contributed by atoms with Crippen LogP contribution in [0.3, 0.4) is 0 Å². The van der Waals surface area contributed by atoms with Crippen molar-refractivity contribution in [3.8, 4) is 0 Å². The van der Waals surface area contributed by atoms with Gasteiger partial charge in [-0.3, -0.25) is 0 Å². The fourth-order valence-electron chi connectivity index (χ4n) is 0.427. The van der Waals surface area contributed by atoms with Gasteiger partial charge in [0.15, 0.2) is 0 Å². The highest BCUT2D eigenvalue weighted by Crippen LogP contribution is 2.19. The van der Waals surface area contributed by atoms with Gasteiger partial charge >= 0.3 is 5.97 Å². The van der Waals surface area contributed by atoms with Crippen LogP contribution < -0.4 is 0 Å². The first kappa shape index (κ1) is 15.6. The summed E-state index contributed by atoms with van der Waals surface area (Å²) in [5, 5.41) is 14.2. The molecule has 0 unspecified atom stereocenters. The first-order chi connectivity index (χ1) is 6.43. The molecule has 0 rings (SSSR count). The van der Waals surface area contributed by atoms with Gasteiger partial charge in [0, 0.05) is 6.08 Å². The lowest BCUT2D eigenvalue weighted by Gasteiger charge is -2.21. The van der Waals surface area contributed by atoms with Crippen LogP contribution in [-0.4, -0.2) is 29.6 Å². The molecule has 84 valence electrons. The number of rotatable bonds is 4. The fraction of sp³-hybridized carbons (Fsp3) is 0.700.